The smallest absolute Gasteiger partial charge is 0.301 e. The highest BCUT2D eigenvalue weighted by Gasteiger charge is 2.48. The normalized spacial score (nSPS) is 17.1. The van der Waals surface area contributed by atoms with Gasteiger partial charge in [0.25, 0.3) is 5.78 Å². The van der Waals surface area contributed by atoms with Crippen LogP contribution in [0.2, 0.25) is 0 Å². The maximum atomic E-state index is 13.4. The molecule has 36 heavy (non-hydrogen) atoms. The van der Waals surface area contributed by atoms with Crippen molar-refractivity contribution >= 4 is 60.1 Å². The number of Topliss-reactive ketones (excluding diaryl/α,β-unsaturated/α-hetero) is 1. The summed E-state index contributed by atoms with van der Waals surface area (Å²) >= 11 is 4.76. The van der Waals surface area contributed by atoms with E-state index in [1.54, 1.807) is 44.6 Å². The first-order valence-electron chi connectivity index (χ1n) is 11.0. The molecule has 0 saturated carbocycles. The van der Waals surface area contributed by atoms with Crippen molar-refractivity contribution < 1.29 is 24.2 Å². The first-order chi connectivity index (χ1) is 17.3. The number of aryl methyl sites for hydroxylation is 1. The fourth-order valence-electron chi connectivity index (χ4n) is 4.33. The predicted molar refractivity (Wildman–Crippen MR) is 143 cm³/mol. The van der Waals surface area contributed by atoms with Crippen LogP contribution in [-0.2, 0) is 9.59 Å². The zero-order chi connectivity index (χ0) is 25.6. The largest absolute Gasteiger partial charge is 0.507 e. The first-order valence-corrected chi connectivity index (χ1v) is 12.6. The van der Waals surface area contributed by atoms with E-state index in [9.17, 15) is 14.7 Å². The van der Waals surface area contributed by atoms with Gasteiger partial charge in [0, 0.05) is 10.0 Å². The van der Waals surface area contributed by atoms with E-state index >= 15 is 0 Å². The number of ketones is 1. The Kier molecular flexibility index (Phi) is 6.27. The number of anilines is 1. The maximum Gasteiger partial charge on any atom is 0.301 e. The molecule has 0 radical (unpaired) electrons. The lowest BCUT2D eigenvalue weighted by molar-refractivity contribution is -0.132. The lowest BCUT2D eigenvalue weighted by atomic mass is 9.95. The highest BCUT2D eigenvalue weighted by Crippen LogP contribution is 2.45. The highest BCUT2D eigenvalue weighted by atomic mass is 79.9. The minimum atomic E-state index is -0.868. The summed E-state index contributed by atoms with van der Waals surface area (Å²) in [5, 5.41) is 11.7. The van der Waals surface area contributed by atoms with E-state index in [2.05, 4.69) is 20.9 Å². The van der Waals surface area contributed by atoms with Gasteiger partial charge in [0.15, 0.2) is 5.13 Å². The Labute approximate surface area is 219 Å². The summed E-state index contributed by atoms with van der Waals surface area (Å²) in [5.74, 6) is -0.464. The molecule has 1 atom stereocenters. The molecule has 4 aromatic rings. The van der Waals surface area contributed by atoms with Crippen LogP contribution in [0, 0.1) is 6.92 Å². The standard InChI is InChI=1S/C27H21BrN2O5S/c1-14-11-16(7-10-20(14)35-3)24(31)22-23(15-5-4-6-17(28)12-15)30(26(33)25(22)32)27-29-19-9-8-18(34-2)13-21(19)36-27/h4-13,23,31H,1-3H3. The number of nitrogens with zero attached hydrogens (tertiary/aromatic N) is 2. The summed E-state index contributed by atoms with van der Waals surface area (Å²) in [5.41, 5.74) is 2.54. The lowest BCUT2D eigenvalue weighted by Gasteiger charge is -2.23. The van der Waals surface area contributed by atoms with Gasteiger partial charge < -0.3 is 14.6 Å². The van der Waals surface area contributed by atoms with Crippen molar-refractivity contribution in [3.63, 3.8) is 0 Å². The minimum absolute atomic E-state index is 0.000460. The SMILES string of the molecule is COc1ccc2nc(N3C(=O)C(=O)C(=C(O)c4ccc(OC)c(C)c4)C3c3cccc(Br)c3)sc2c1. The van der Waals surface area contributed by atoms with Crippen LogP contribution in [0.3, 0.4) is 0 Å². The Morgan fingerprint density at radius 2 is 1.86 bits per heavy atom. The number of ether oxygens (including phenoxy) is 2. The predicted octanol–water partition coefficient (Wildman–Crippen LogP) is 6.01. The van der Waals surface area contributed by atoms with E-state index < -0.39 is 17.7 Å². The molecule has 1 unspecified atom stereocenters. The van der Waals surface area contributed by atoms with E-state index in [1.807, 2.05) is 37.3 Å². The van der Waals surface area contributed by atoms with Gasteiger partial charge in [-0.1, -0.05) is 39.4 Å². The summed E-state index contributed by atoms with van der Waals surface area (Å²) in [6, 6.07) is 17.0. The minimum Gasteiger partial charge on any atom is -0.507 e. The van der Waals surface area contributed by atoms with Crippen LogP contribution in [0.1, 0.15) is 22.7 Å². The van der Waals surface area contributed by atoms with Gasteiger partial charge in [-0.3, -0.25) is 14.5 Å². The molecule has 9 heteroatoms. The number of rotatable bonds is 5. The molecule has 2 heterocycles. The number of carbonyl (C=O) groups excluding carboxylic acids is 2. The van der Waals surface area contributed by atoms with Gasteiger partial charge in [-0.25, -0.2) is 4.98 Å². The molecule has 182 valence electrons. The zero-order valence-electron chi connectivity index (χ0n) is 19.6. The van der Waals surface area contributed by atoms with Crippen LogP contribution in [0.25, 0.3) is 16.0 Å². The molecular formula is C27H21BrN2O5S. The number of aliphatic hydroxyl groups is 1. The van der Waals surface area contributed by atoms with Gasteiger partial charge >= 0.3 is 5.91 Å². The highest BCUT2D eigenvalue weighted by molar-refractivity contribution is 9.10. The third-order valence-corrected chi connectivity index (χ3v) is 7.58. The number of aromatic nitrogens is 1. The van der Waals surface area contributed by atoms with Gasteiger partial charge in [-0.05, 0) is 66.6 Å². The van der Waals surface area contributed by atoms with Crippen molar-refractivity contribution in [3.8, 4) is 11.5 Å². The summed E-state index contributed by atoms with van der Waals surface area (Å²) in [6.07, 6.45) is 0. The Morgan fingerprint density at radius 3 is 2.56 bits per heavy atom. The number of thiazole rings is 1. The molecule has 7 nitrogen and oxygen atoms in total. The molecule has 1 aromatic heterocycles. The van der Waals surface area contributed by atoms with Crippen molar-refractivity contribution in [1.29, 1.82) is 0 Å². The average molecular weight is 565 g/mol. The van der Waals surface area contributed by atoms with Crippen LogP contribution in [0.5, 0.6) is 11.5 Å². The third-order valence-electron chi connectivity index (χ3n) is 6.07. The van der Waals surface area contributed by atoms with E-state index in [-0.39, 0.29) is 11.3 Å². The fourth-order valence-corrected chi connectivity index (χ4v) is 5.76. The molecule has 1 aliphatic heterocycles. The van der Waals surface area contributed by atoms with Crippen molar-refractivity contribution in [2.24, 2.45) is 0 Å². The lowest BCUT2D eigenvalue weighted by Crippen LogP contribution is -2.29. The Balaban J connectivity index is 1.72. The van der Waals surface area contributed by atoms with Gasteiger partial charge in [-0.15, -0.1) is 0 Å². The number of benzene rings is 3. The Morgan fingerprint density at radius 1 is 1.06 bits per heavy atom. The molecular weight excluding hydrogens is 544 g/mol. The number of hydrogen-bond donors (Lipinski definition) is 1. The number of halogens is 1. The molecule has 1 fully saturated rings. The molecule has 1 N–H and O–H groups in total. The van der Waals surface area contributed by atoms with Crippen molar-refractivity contribution in [1.82, 2.24) is 4.98 Å². The van der Waals surface area contributed by atoms with Gasteiger partial charge in [-0.2, -0.15) is 0 Å². The summed E-state index contributed by atoms with van der Waals surface area (Å²) in [4.78, 5) is 32.8. The van der Waals surface area contributed by atoms with E-state index in [1.165, 1.54) is 16.2 Å². The van der Waals surface area contributed by atoms with Gasteiger partial charge in [0.05, 0.1) is 36.1 Å². The van der Waals surface area contributed by atoms with E-state index in [0.29, 0.717) is 33.3 Å². The molecule has 3 aromatic carbocycles. The van der Waals surface area contributed by atoms with Crippen LogP contribution in [0.15, 0.2) is 70.7 Å². The van der Waals surface area contributed by atoms with Crippen LogP contribution >= 0.6 is 27.3 Å². The summed E-state index contributed by atoms with van der Waals surface area (Å²) in [7, 11) is 3.14. The van der Waals surface area contributed by atoms with Gasteiger partial charge in [0.2, 0.25) is 0 Å². The monoisotopic (exact) mass is 564 g/mol. The Hall–Kier alpha value is -3.69. The second-order valence-corrected chi connectivity index (χ2v) is 10.2. The second kappa shape index (κ2) is 9.40. The van der Waals surface area contributed by atoms with Gasteiger partial charge in [0.1, 0.15) is 17.3 Å². The van der Waals surface area contributed by atoms with Crippen LogP contribution in [0.4, 0.5) is 5.13 Å². The van der Waals surface area contributed by atoms with Crippen molar-refractivity contribution in [2.75, 3.05) is 19.1 Å². The first kappa shape index (κ1) is 24.0. The number of amides is 1. The molecule has 1 saturated heterocycles. The van der Waals surface area contributed by atoms with Crippen molar-refractivity contribution in [2.45, 2.75) is 13.0 Å². The quantitative estimate of drug-likeness (QED) is 0.181. The third kappa shape index (κ3) is 4.04. The average Bonchev–Trinajstić information content (AvgIpc) is 3.41. The number of fused-ring (bicyclic) bond motifs is 1. The fraction of sp³-hybridized carbons (Fsp3) is 0.148. The number of hydrogen-bond acceptors (Lipinski definition) is 7. The van der Waals surface area contributed by atoms with Crippen molar-refractivity contribution in [3.05, 3.63) is 87.4 Å². The molecule has 1 amide bonds. The topological polar surface area (TPSA) is 89.0 Å². The second-order valence-electron chi connectivity index (χ2n) is 8.24. The number of methoxy groups -OCH3 is 2. The number of aliphatic hydroxyl groups excluding tert-OH is 1. The Bertz CT molecular complexity index is 1560. The number of carbonyl (C=O) groups is 2. The molecule has 1 aliphatic rings. The molecule has 0 aliphatic carbocycles. The van der Waals surface area contributed by atoms with Crippen LogP contribution < -0.4 is 14.4 Å². The zero-order valence-corrected chi connectivity index (χ0v) is 22.0. The van der Waals surface area contributed by atoms with E-state index in [4.69, 9.17) is 9.47 Å². The molecule has 0 spiro atoms. The van der Waals surface area contributed by atoms with E-state index in [0.717, 1.165) is 14.7 Å². The summed E-state index contributed by atoms with van der Waals surface area (Å²) < 4.78 is 12.2. The molecule has 0 bridgehead atoms. The summed E-state index contributed by atoms with van der Waals surface area (Å²) in [6.45, 7) is 1.84. The van der Waals surface area contributed by atoms with Crippen LogP contribution in [-0.4, -0.2) is 36.0 Å². The molecule has 5 rings (SSSR count). The maximum absolute atomic E-state index is 13.4.